The van der Waals surface area contributed by atoms with Crippen molar-refractivity contribution in [3.05, 3.63) is 29.0 Å². The molecular formula is C13H5N5O2. The van der Waals surface area contributed by atoms with Gasteiger partial charge in [-0.2, -0.15) is 21.0 Å². The van der Waals surface area contributed by atoms with Crippen LogP contribution in [0.3, 0.4) is 0 Å². The van der Waals surface area contributed by atoms with E-state index in [0.717, 1.165) is 0 Å². The van der Waals surface area contributed by atoms with Gasteiger partial charge in [-0.3, -0.25) is 0 Å². The van der Waals surface area contributed by atoms with Crippen molar-refractivity contribution in [2.24, 2.45) is 0 Å². The summed E-state index contributed by atoms with van der Waals surface area (Å²) in [5, 5.41) is 38.1. The Labute approximate surface area is 114 Å². The number of rotatable bonds is 2. The van der Waals surface area contributed by atoms with Crippen LogP contribution in [0.2, 0.25) is 0 Å². The zero-order valence-electron chi connectivity index (χ0n) is 9.97. The average Bonchev–Trinajstić information content (AvgIpc) is 2.93. The molecule has 7 heteroatoms. The van der Waals surface area contributed by atoms with Crippen molar-refractivity contribution < 1.29 is 9.47 Å². The quantitative estimate of drug-likeness (QED) is 0.801. The highest BCUT2D eigenvalue weighted by Gasteiger charge is 2.18. The van der Waals surface area contributed by atoms with E-state index >= 15 is 0 Å². The van der Waals surface area contributed by atoms with E-state index in [0.29, 0.717) is 11.5 Å². The molecule has 1 aromatic rings. The molecule has 0 saturated carbocycles. The molecule has 2 rings (SSSR count). The number of nitriles is 4. The molecule has 1 aliphatic heterocycles. The lowest BCUT2D eigenvalue weighted by Gasteiger charge is -2.07. The lowest BCUT2D eigenvalue weighted by atomic mass is 10.1. The largest absolute Gasteiger partial charge is 0.454 e. The van der Waals surface area contributed by atoms with Crippen LogP contribution in [0.1, 0.15) is 5.56 Å². The molecule has 0 saturated heterocycles. The Balaban J connectivity index is 2.48. The van der Waals surface area contributed by atoms with Gasteiger partial charge in [0.05, 0.1) is 11.3 Å². The van der Waals surface area contributed by atoms with E-state index in [1.165, 1.54) is 12.1 Å². The molecule has 94 valence electrons. The third-order valence-corrected chi connectivity index (χ3v) is 2.48. The summed E-state index contributed by atoms with van der Waals surface area (Å²) in [6, 6.07) is 9.80. The van der Waals surface area contributed by atoms with Gasteiger partial charge in [0.1, 0.15) is 30.0 Å². The van der Waals surface area contributed by atoms with Gasteiger partial charge in [0.25, 0.3) is 0 Å². The summed E-state index contributed by atoms with van der Waals surface area (Å²) >= 11 is 0. The predicted octanol–water partition coefficient (Wildman–Crippen LogP) is 1.52. The number of benzene rings is 1. The fourth-order valence-electron chi connectivity index (χ4n) is 1.56. The second-order valence-electron chi connectivity index (χ2n) is 3.57. The van der Waals surface area contributed by atoms with Crippen LogP contribution in [0.25, 0.3) is 0 Å². The highest BCUT2D eigenvalue weighted by Crippen LogP contribution is 2.37. The Kier molecular flexibility index (Phi) is 3.39. The normalized spacial score (nSPS) is 10.4. The summed E-state index contributed by atoms with van der Waals surface area (Å²) in [5.74, 6) is 0.842. The molecule has 0 bridgehead atoms. The first-order chi connectivity index (χ1) is 9.73. The van der Waals surface area contributed by atoms with Crippen LogP contribution in [0.4, 0.5) is 5.69 Å². The molecule has 0 atom stereocenters. The number of anilines is 1. The SMILES string of the molecule is N#CC(C#N)=C(C#N)Nc1cc2c(cc1C#N)OCO2. The van der Waals surface area contributed by atoms with Gasteiger partial charge >= 0.3 is 0 Å². The van der Waals surface area contributed by atoms with E-state index in [1.54, 1.807) is 18.2 Å². The zero-order chi connectivity index (χ0) is 14.5. The number of nitrogens with one attached hydrogen (secondary N) is 1. The van der Waals surface area contributed by atoms with Crippen LogP contribution in [0.5, 0.6) is 11.5 Å². The fraction of sp³-hybridized carbons (Fsp3) is 0.0769. The minimum atomic E-state index is -0.367. The highest BCUT2D eigenvalue weighted by molar-refractivity contribution is 5.69. The van der Waals surface area contributed by atoms with Gasteiger partial charge in [0.2, 0.25) is 6.79 Å². The van der Waals surface area contributed by atoms with Crippen molar-refractivity contribution in [1.82, 2.24) is 0 Å². The van der Waals surface area contributed by atoms with Crippen molar-refractivity contribution >= 4 is 5.69 Å². The van der Waals surface area contributed by atoms with Crippen LogP contribution in [0.15, 0.2) is 23.4 Å². The van der Waals surface area contributed by atoms with Crippen LogP contribution in [0, 0.1) is 45.3 Å². The second-order valence-corrected chi connectivity index (χ2v) is 3.57. The van der Waals surface area contributed by atoms with E-state index in [1.807, 2.05) is 6.07 Å². The van der Waals surface area contributed by atoms with Crippen LogP contribution in [-0.4, -0.2) is 6.79 Å². The predicted molar refractivity (Wildman–Crippen MR) is 64.8 cm³/mol. The van der Waals surface area contributed by atoms with E-state index < -0.39 is 0 Å². The molecule has 0 unspecified atom stereocenters. The van der Waals surface area contributed by atoms with Gasteiger partial charge in [-0.05, 0) is 0 Å². The minimum absolute atomic E-state index is 0.0479. The molecule has 0 spiro atoms. The summed E-state index contributed by atoms with van der Waals surface area (Å²) in [6.07, 6.45) is 0. The Morgan fingerprint density at radius 1 is 1.00 bits per heavy atom. The van der Waals surface area contributed by atoms with Gasteiger partial charge in [0.15, 0.2) is 17.1 Å². The number of ether oxygens (including phenoxy) is 2. The first kappa shape index (κ1) is 12.8. The van der Waals surface area contributed by atoms with Crippen molar-refractivity contribution in [1.29, 1.82) is 21.0 Å². The second kappa shape index (κ2) is 5.31. The molecule has 1 heterocycles. The highest BCUT2D eigenvalue weighted by atomic mass is 16.7. The maximum absolute atomic E-state index is 9.07. The third-order valence-electron chi connectivity index (χ3n) is 2.48. The van der Waals surface area contributed by atoms with Gasteiger partial charge in [-0.25, -0.2) is 0 Å². The van der Waals surface area contributed by atoms with Gasteiger partial charge in [0, 0.05) is 12.1 Å². The Morgan fingerprint density at radius 2 is 1.65 bits per heavy atom. The van der Waals surface area contributed by atoms with E-state index in [9.17, 15) is 0 Å². The molecule has 0 aromatic heterocycles. The summed E-state index contributed by atoms with van der Waals surface area (Å²) in [4.78, 5) is 0. The summed E-state index contributed by atoms with van der Waals surface area (Å²) in [7, 11) is 0. The number of fused-ring (bicyclic) bond motifs is 1. The monoisotopic (exact) mass is 263 g/mol. The van der Waals surface area contributed by atoms with E-state index in [-0.39, 0.29) is 29.3 Å². The van der Waals surface area contributed by atoms with Crippen LogP contribution >= 0.6 is 0 Å². The molecule has 1 aliphatic rings. The van der Waals surface area contributed by atoms with Crippen molar-refractivity contribution in [2.45, 2.75) is 0 Å². The number of nitrogens with zero attached hydrogens (tertiary/aromatic N) is 4. The number of allylic oxidation sites excluding steroid dienone is 2. The Morgan fingerprint density at radius 3 is 2.20 bits per heavy atom. The topological polar surface area (TPSA) is 126 Å². The van der Waals surface area contributed by atoms with Crippen LogP contribution in [-0.2, 0) is 0 Å². The van der Waals surface area contributed by atoms with Gasteiger partial charge in [-0.15, -0.1) is 0 Å². The number of hydrogen-bond acceptors (Lipinski definition) is 7. The smallest absolute Gasteiger partial charge is 0.231 e. The molecule has 7 nitrogen and oxygen atoms in total. The molecule has 1 N–H and O–H groups in total. The first-order valence-electron chi connectivity index (χ1n) is 5.28. The first-order valence-corrected chi connectivity index (χ1v) is 5.28. The maximum Gasteiger partial charge on any atom is 0.231 e. The van der Waals surface area contributed by atoms with Gasteiger partial charge in [-0.1, -0.05) is 0 Å². The molecular weight excluding hydrogens is 258 g/mol. The lowest BCUT2D eigenvalue weighted by molar-refractivity contribution is 0.174. The van der Waals surface area contributed by atoms with Crippen molar-refractivity contribution in [3.8, 4) is 35.8 Å². The standard InChI is InChI=1S/C13H5N5O2/c14-3-8-1-12-13(20-7-19-12)2-10(8)18-11(6-17)9(4-15)5-16/h1-2,18H,7H2. The molecule has 0 aliphatic carbocycles. The van der Waals surface area contributed by atoms with E-state index in [4.69, 9.17) is 30.5 Å². The van der Waals surface area contributed by atoms with E-state index in [2.05, 4.69) is 5.32 Å². The maximum atomic E-state index is 9.07. The zero-order valence-corrected chi connectivity index (χ0v) is 9.97. The average molecular weight is 263 g/mol. The summed E-state index contributed by atoms with van der Waals surface area (Å²) in [5.41, 5.74) is -0.132. The number of hydrogen-bond donors (Lipinski definition) is 1. The summed E-state index contributed by atoms with van der Waals surface area (Å²) in [6.45, 7) is 0.0479. The van der Waals surface area contributed by atoms with Gasteiger partial charge < -0.3 is 14.8 Å². The van der Waals surface area contributed by atoms with Crippen LogP contribution < -0.4 is 14.8 Å². The van der Waals surface area contributed by atoms with Crippen molar-refractivity contribution in [2.75, 3.05) is 12.1 Å². The molecule has 1 aromatic carbocycles. The molecule has 0 radical (unpaired) electrons. The molecule has 20 heavy (non-hydrogen) atoms. The lowest BCUT2D eigenvalue weighted by Crippen LogP contribution is -2.02. The summed E-state index contributed by atoms with van der Waals surface area (Å²) < 4.78 is 10.3. The Bertz CT molecular complexity index is 752. The molecule has 0 amide bonds. The molecule has 0 fully saturated rings. The fourth-order valence-corrected chi connectivity index (χ4v) is 1.56. The van der Waals surface area contributed by atoms with Crippen molar-refractivity contribution in [3.63, 3.8) is 0 Å². The minimum Gasteiger partial charge on any atom is -0.454 e. The Hall–Kier alpha value is -3.68. The third kappa shape index (κ3) is 2.16.